The van der Waals surface area contributed by atoms with Crippen LogP contribution in [-0.4, -0.2) is 16.7 Å². The van der Waals surface area contributed by atoms with E-state index in [2.05, 4.69) is 26.1 Å². The van der Waals surface area contributed by atoms with Crippen LogP contribution in [0.15, 0.2) is 0 Å². The predicted octanol–water partition coefficient (Wildman–Crippen LogP) is 1.45. The molecule has 0 aliphatic carbocycles. The van der Waals surface area contributed by atoms with Gasteiger partial charge in [-0.25, -0.2) is 0 Å². The van der Waals surface area contributed by atoms with Crippen LogP contribution in [0.25, 0.3) is 0 Å². The molecule has 1 saturated heterocycles. The minimum atomic E-state index is 0.333. The Balaban J connectivity index is 2.44. The highest BCUT2D eigenvalue weighted by Gasteiger charge is 2.27. The maximum absolute atomic E-state index is 3.46. The molecule has 1 fully saturated rings. The van der Waals surface area contributed by atoms with E-state index in [-0.39, 0.29) is 0 Å². The van der Waals surface area contributed by atoms with E-state index in [0.717, 1.165) is 0 Å². The molecular formula is C6H13NS. The summed E-state index contributed by atoms with van der Waals surface area (Å²) in [5, 5.41) is 3.46. The summed E-state index contributed by atoms with van der Waals surface area (Å²) >= 11 is 2.00. The summed E-state index contributed by atoms with van der Waals surface area (Å²) in [5.74, 6) is 1.26. The van der Waals surface area contributed by atoms with Crippen molar-refractivity contribution >= 4 is 11.8 Å². The molecule has 1 nitrogen and oxygen atoms in total. The van der Waals surface area contributed by atoms with Crippen LogP contribution in [0.1, 0.15) is 20.8 Å². The highest BCUT2D eigenvalue weighted by molar-refractivity contribution is 8.00. The Morgan fingerprint density at radius 1 is 1.62 bits per heavy atom. The number of hydrogen-bond acceptors (Lipinski definition) is 2. The van der Waals surface area contributed by atoms with Crippen LogP contribution in [0, 0.1) is 0 Å². The Bertz CT molecular complexity index is 90.5. The van der Waals surface area contributed by atoms with Gasteiger partial charge in [0, 0.05) is 11.8 Å². The Hall–Kier alpha value is 0.310. The second-order valence-corrected chi connectivity index (χ2v) is 4.51. The third-order valence-corrected chi connectivity index (χ3v) is 2.79. The zero-order valence-electron chi connectivity index (χ0n) is 5.69. The first-order chi connectivity index (χ1) is 3.60. The minimum absolute atomic E-state index is 0.333. The molecule has 1 rings (SSSR count). The first-order valence-corrected chi connectivity index (χ1v) is 4.00. The van der Waals surface area contributed by atoms with Crippen LogP contribution < -0.4 is 5.32 Å². The highest BCUT2D eigenvalue weighted by atomic mass is 32.2. The van der Waals surface area contributed by atoms with Gasteiger partial charge in [0.15, 0.2) is 0 Å². The fraction of sp³-hybridized carbons (Fsp3) is 1.00. The van der Waals surface area contributed by atoms with Crippen molar-refractivity contribution in [3.05, 3.63) is 0 Å². The molecular weight excluding hydrogens is 118 g/mol. The summed E-state index contributed by atoms with van der Waals surface area (Å²) in [6, 6.07) is 0.704. The molecule has 0 aromatic carbocycles. The van der Waals surface area contributed by atoms with Gasteiger partial charge in [0.2, 0.25) is 0 Å². The van der Waals surface area contributed by atoms with Crippen LogP contribution in [0.3, 0.4) is 0 Å². The normalized spacial score (nSPS) is 35.6. The van der Waals surface area contributed by atoms with Crippen LogP contribution in [0.4, 0.5) is 0 Å². The molecule has 48 valence electrons. The van der Waals surface area contributed by atoms with Crippen molar-refractivity contribution in [2.75, 3.05) is 5.75 Å². The third-order valence-electron chi connectivity index (χ3n) is 1.29. The second kappa shape index (κ2) is 1.92. The average Bonchev–Trinajstić information content (AvgIpc) is 1.82. The quantitative estimate of drug-likeness (QED) is 0.534. The summed E-state index contributed by atoms with van der Waals surface area (Å²) in [7, 11) is 0. The van der Waals surface area contributed by atoms with Gasteiger partial charge in [0.05, 0.1) is 4.87 Å². The van der Waals surface area contributed by atoms with Gasteiger partial charge >= 0.3 is 0 Å². The van der Waals surface area contributed by atoms with Crippen LogP contribution in [-0.2, 0) is 0 Å². The molecule has 0 radical (unpaired) electrons. The maximum atomic E-state index is 3.46. The summed E-state index contributed by atoms with van der Waals surface area (Å²) in [6.07, 6.45) is 0. The summed E-state index contributed by atoms with van der Waals surface area (Å²) in [6.45, 7) is 6.67. The lowest BCUT2D eigenvalue weighted by Gasteiger charge is -2.16. The van der Waals surface area contributed by atoms with Gasteiger partial charge in [-0.05, 0) is 20.8 Å². The largest absolute Gasteiger partial charge is 0.300 e. The molecule has 2 heteroatoms. The molecule has 0 amide bonds. The molecule has 0 aromatic rings. The fourth-order valence-corrected chi connectivity index (χ4v) is 2.04. The lowest BCUT2D eigenvalue weighted by atomic mass is 10.3. The van der Waals surface area contributed by atoms with Crippen molar-refractivity contribution in [2.24, 2.45) is 0 Å². The third kappa shape index (κ3) is 1.39. The van der Waals surface area contributed by atoms with Crippen LogP contribution in [0.2, 0.25) is 0 Å². The van der Waals surface area contributed by atoms with Gasteiger partial charge < -0.3 is 0 Å². The Morgan fingerprint density at radius 2 is 2.25 bits per heavy atom. The molecule has 1 aliphatic rings. The lowest BCUT2D eigenvalue weighted by molar-refractivity contribution is 0.517. The van der Waals surface area contributed by atoms with Crippen molar-refractivity contribution in [3.63, 3.8) is 0 Å². The molecule has 1 heterocycles. The molecule has 0 bridgehead atoms. The predicted molar refractivity (Wildman–Crippen MR) is 39.1 cm³/mol. The van der Waals surface area contributed by atoms with E-state index >= 15 is 0 Å². The van der Waals surface area contributed by atoms with E-state index in [1.165, 1.54) is 5.75 Å². The highest BCUT2D eigenvalue weighted by Crippen LogP contribution is 2.28. The number of rotatable bonds is 0. The standard InChI is InChI=1S/C6H13NS/c1-5-4-8-6(2,3)7-5/h5,7H,4H2,1-3H3. The lowest BCUT2D eigenvalue weighted by Crippen LogP contribution is -2.34. The molecule has 1 atom stereocenters. The fourth-order valence-electron chi connectivity index (χ4n) is 1.01. The molecule has 1 unspecified atom stereocenters. The van der Waals surface area contributed by atoms with E-state index < -0.39 is 0 Å². The van der Waals surface area contributed by atoms with Gasteiger partial charge in [0.25, 0.3) is 0 Å². The van der Waals surface area contributed by atoms with E-state index in [4.69, 9.17) is 0 Å². The summed E-state index contributed by atoms with van der Waals surface area (Å²) in [5.41, 5.74) is 0. The Kier molecular flexibility index (Phi) is 1.54. The number of nitrogens with one attached hydrogen (secondary N) is 1. The molecule has 1 aliphatic heterocycles. The Morgan fingerprint density at radius 3 is 2.38 bits per heavy atom. The maximum Gasteiger partial charge on any atom is 0.0591 e. The molecule has 0 aromatic heterocycles. The summed E-state index contributed by atoms with van der Waals surface area (Å²) in [4.78, 5) is 0.333. The smallest absolute Gasteiger partial charge is 0.0591 e. The van der Waals surface area contributed by atoms with E-state index in [0.29, 0.717) is 10.9 Å². The zero-order valence-corrected chi connectivity index (χ0v) is 6.51. The second-order valence-electron chi connectivity index (χ2n) is 2.87. The first kappa shape index (κ1) is 6.43. The molecule has 1 N–H and O–H groups in total. The van der Waals surface area contributed by atoms with Crippen molar-refractivity contribution in [2.45, 2.75) is 31.7 Å². The SMILES string of the molecule is CC1CSC(C)(C)N1. The number of thioether (sulfide) groups is 1. The number of hydrogen-bond donors (Lipinski definition) is 1. The topological polar surface area (TPSA) is 12.0 Å². The van der Waals surface area contributed by atoms with E-state index in [1.807, 2.05) is 11.8 Å². The van der Waals surface area contributed by atoms with Gasteiger partial charge in [0.1, 0.15) is 0 Å². The first-order valence-electron chi connectivity index (χ1n) is 3.02. The average molecular weight is 131 g/mol. The zero-order chi connectivity index (χ0) is 6.20. The van der Waals surface area contributed by atoms with E-state index in [1.54, 1.807) is 0 Å². The van der Waals surface area contributed by atoms with Gasteiger partial charge in [-0.2, -0.15) is 0 Å². The monoisotopic (exact) mass is 131 g/mol. The van der Waals surface area contributed by atoms with Crippen LogP contribution in [0.5, 0.6) is 0 Å². The van der Waals surface area contributed by atoms with Crippen molar-refractivity contribution in [1.29, 1.82) is 0 Å². The molecule has 0 spiro atoms. The minimum Gasteiger partial charge on any atom is -0.300 e. The van der Waals surface area contributed by atoms with Crippen molar-refractivity contribution < 1.29 is 0 Å². The van der Waals surface area contributed by atoms with Crippen LogP contribution >= 0.6 is 11.8 Å². The van der Waals surface area contributed by atoms with Crippen molar-refractivity contribution in [3.8, 4) is 0 Å². The van der Waals surface area contributed by atoms with Crippen molar-refractivity contribution in [1.82, 2.24) is 5.32 Å². The van der Waals surface area contributed by atoms with Gasteiger partial charge in [-0.1, -0.05) is 0 Å². The summed E-state index contributed by atoms with van der Waals surface area (Å²) < 4.78 is 0. The van der Waals surface area contributed by atoms with Gasteiger partial charge in [-0.15, -0.1) is 11.8 Å². The van der Waals surface area contributed by atoms with E-state index in [9.17, 15) is 0 Å². The van der Waals surface area contributed by atoms with Gasteiger partial charge in [-0.3, -0.25) is 5.32 Å². The molecule has 0 saturated carbocycles. The molecule has 8 heavy (non-hydrogen) atoms. The Labute approximate surface area is 55.2 Å².